The molecule has 1 heterocycles. The van der Waals surface area contributed by atoms with E-state index in [1.807, 2.05) is 24.3 Å². The molecule has 0 spiro atoms. The van der Waals surface area contributed by atoms with Gasteiger partial charge in [-0.25, -0.2) is 4.79 Å². The number of ether oxygens (including phenoxy) is 1. The zero-order chi connectivity index (χ0) is 15.6. The van der Waals surface area contributed by atoms with Gasteiger partial charge < -0.3 is 9.64 Å². The van der Waals surface area contributed by atoms with E-state index in [2.05, 4.69) is 20.9 Å². The van der Waals surface area contributed by atoms with Crippen molar-refractivity contribution >= 4 is 39.3 Å². The fourth-order valence-corrected chi connectivity index (χ4v) is 2.21. The summed E-state index contributed by atoms with van der Waals surface area (Å²) in [4.78, 5) is 29.2. The first-order chi connectivity index (χ1) is 9.74. The first-order valence-corrected chi connectivity index (χ1v) is 7.39. The summed E-state index contributed by atoms with van der Waals surface area (Å²) >= 11 is 3.35. The average molecular weight is 353 g/mol. The van der Waals surface area contributed by atoms with Gasteiger partial charge in [0.05, 0.1) is 18.7 Å². The molecular formula is C15H17BrN2O3. The van der Waals surface area contributed by atoms with Crippen LogP contribution >= 0.6 is 15.9 Å². The Morgan fingerprint density at radius 2 is 1.90 bits per heavy atom. The highest BCUT2D eigenvalue weighted by molar-refractivity contribution is 9.10. The van der Waals surface area contributed by atoms with Gasteiger partial charge >= 0.3 is 6.09 Å². The molecule has 1 aromatic carbocycles. The number of anilines is 1. The van der Waals surface area contributed by atoms with Crippen molar-refractivity contribution in [2.75, 3.05) is 11.4 Å². The average Bonchev–Trinajstić information content (AvgIpc) is 2.68. The van der Waals surface area contributed by atoms with E-state index in [0.717, 1.165) is 10.2 Å². The van der Waals surface area contributed by atoms with Gasteiger partial charge in [0, 0.05) is 10.2 Å². The van der Waals surface area contributed by atoms with Gasteiger partial charge in [0.15, 0.2) is 0 Å². The fraction of sp³-hybridized carbons (Fsp3) is 0.400. The number of carbonyl (C=O) groups excluding carboxylic acids is 2. The standard InChI is InChI=1S/C15H17BrN2O3/c1-15(2,3)21-14(20)17-11-8-13(19)18(9-11)12-6-4-10(16)5-7-12/h4-7H,8-9H2,1-3H3. The van der Waals surface area contributed by atoms with Gasteiger partial charge in [-0.3, -0.25) is 4.79 Å². The third-order valence-corrected chi connectivity index (χ3v) is 3.31. The first-order valence-electron chi connectivity index (χ1n) is 6.60. The molecule has 2 amide bonds. The number of hydrogen-bond donors (Lipinski definition) is 0. The van der Waals surface area contributed by atoms with Gasteiger partial charge in [-0.1, -0.05) is 15.9 Å². The van der Waals surface area contributed by atoms with Gasteiger partial charge in [0.25, 0.3) is 0 Å². The molecule has 0 aliphatic carbocycles. The van der Waals surface area contributed by atoms with Crippen LogP contribution in [-0.2, 0) is 9.53 Å². The number of amides is 2. The van der Waals surface area contributed by atoms with Crippen LogP contribution in [0.3, 0.4) is 0 Å². The Kier molecular flexibility index (Phi) is 4.46. The summed E-state index contributed by atoms with van der Waals surface area (Å²) in [5.41, 5.74) is 0.726. The summed E-state index contributed by atoms with van der Waals surface area (Å²) in [6, 6.07) is 7.42. The maximum Gasteiger partial charge on any atom is 0.434 e. The maximum atomic E-state index is 12.0. The quantitative estimate of drug-likeness (QED) is 0.776. The van der Waals surface area contributed by atoms with Crippen LogP contribution in [-0.4, -0.2) is 29.9 Å². The molecule has 1 aliphatic heterocycles. The molecule has 5 nitrogen and oxygen atoms in total. The van der Waals surface area contributed by atoms with Crippen LogP contribution < -0.4 is 4.90 Å². The third kappa shape index (κ3) is 4.39. The molecule has 0 bridgehead atoms. The molecule has 1 aliphatic rings. The van der Waals surface area contributed by atoms with Gasteiger partial charge in [0.2, 0.25) is 5.91 Å². The van der Waals surface area contributed by atoms with E-state index in [9.17, 15) is 9.59 Å². The highest BCUT2D eigenvalue weighted by Gasteiger charge is 2.28. The Balaban J connectivity index is 2.09. The fourth-order valence-electron chi connectivity index (χ4n) is 1.94. The number of rotatable bonds is 1. The zero-order valence-corrected chi connectivity index (χ0v) is 13.8. The minimum absolute atomic E-state index is 0.0698. The summed E-state index contributed by atoms with van der Waals surface area (Å²) in [5.74, 6) is -0.0698. The predicted molar refractivity (Wildman–Crippen MR) is 84.8 cm³/mol. The molecule has 0 saturated carbocycles. The van der Waals surface area contributed by atoms with Gasteiger partial charge in [-0.15, -0.1) is 0 Å². The lowest BCUT2D eigenvalue weighted by molar-refractivity contribution is -0.116. The van der Waals surface area contributed by atoms with E-state index in [1.54, 1.807) is 25.7 Å². The van der Waals surface area contributed by atoms with Crippen molar-refractivity contribution in [1.82, 2.24) is 0 Å². The summed E-state index contributed by atoms with van der Waals surface area (Å²) < 4.78 is 6.07. The molecule has 0 N–H and O–H groups in total. The molecule has 6 heteroatoms. The van der Waals surface area contributed by atoms with Crippen molar-refractivity contribution in [3.8, 4) is 0 Å². The zero-order valence-electron chi connectivity index (χ0n) is 12.2. The lowest BCUT2D eigenvalue weighted by Gasteiger charge is -2.17. The smallest absolute Gasteiger partial charge is 0.434 e. The summed E-state index contributed by atoms with van der Waals surface area (Å²) in [7, 11) is 0. The number of benzene rings is 1. The summed E-state index contributed by atoms with van der Waals surface area (Å²) in [6.07, 6.45) is -0.502. The van der Waals surface area contributed by atoms with Crippen LogP contribution in [0.2, 0.25) is 0 Å². The highest BCUT2D eigenvalue weighted by atomic mass is 79.9. The number of aliphatic imine (C=N–C) groups is 1. The number of nitrogens with zero attached hydrogens (tertiary/aromatic N) is 2. The molecule has 0 atom stereocenters. The van der Waals surface area contributed by atoms with Gasteiger partial charge in [0.1, 0.15) is 5.60 Å². The minimum atomic E-state index is -0.650. The van der Waals surface area contributed by atoms with Crippen LogP contribution in [0.4, 0.5) is 10.5 Å². The molecule has 0 unspecified atom stereocenters. The minimum Gasteiger partial charge on any atom is -0.442 e. The molecule has 1 saturated heterocycles. The highest BCUT2D eigenvalue weighted by Crippen LogP contribution is 2.22. The van der Waals surface area contributed by atoms with Crippen LogP contribution in [0.5, 0.6) is 0 Å². The lowest BCUT2D eigenvalue weighted by atomic mass is 10.2. The van der Waals surface area contributed by atoms with Crippen LogP contribution in [0, 0.1) is 0 Å². The molecular weight excluding hydrogens is 336 g/mol. The van der Waals surface area contributed by atoms with Crippen molar-refractivity contribution < 1.29 is 14.3 Å². The number of halogens is 1. The van der Waals surface area contributed by atoms with E-state index < -0.39 is 11.7 Å². The van der Waals surface area contributed by atoms with Crippen molar-refractivity contribution in [3.63, 3.8) is 0 Å². The third-order valence-electron chi connectivity index (χ3n) is 2.78. The lowest BCUT2D eigenvalue weighted by Crippen LogP contribution is -2.25. The molecule has 0 aromatic heterocycles. The Labute approximate surface area is 132 Å². The van der Waals surface area contributed by atoms with Crippen LogP contribution in [0.15, 0.2) is 33.7 Å². The normalized spacial score (nSPS) is 17.4. The van der Waals surface area contributed by atoms with E-state index in [1.165, 1.54) is 0 Å². The monoisotopic (exact) mass is 352 g/mol. The molecule has 1 aromatic rings. The Morgan fingerprint density at radius 1 is 1.29 bits per heavy atom. The molecule has 112 valence electrons. The first kappa shape index (κ1) is 15.7. The number of carbonyl (C=O) groups is 2. The number of hydrogen-bond acceptors (Lipinski definition) is 3. The van der Waals surface area contributed by atoms with Crippen molar-refractivity contribution in [3.05, 3.63) is 28.7 Å². The van der Waals surface area contributed by atoms with Crippen molar-refractivity contribution in [2.24, 2.45) is 4.99 Å². The van der Waals surface area contributed by atoms with E-state index >= 15 is 0 Å². The summed E-state index contributed by atoms with van der Waals surface area (Å²) in [6.45, 7) is 5.65. The van der Waals surface area contributed by atoms with Crippen LogP contribution in [0.25, 0.3) is 0 Å². The Bertz CT molecular complexity index is 588. The van der Waals surface area contributed by atoms with Crippen molar-refractivity contribution in [1.29, 1.82) is 0 Å². The SMILES string of the molecule is CC(C)(C)OC(=O)N=C1CC(=O)N(c2ccc(Br)cc2)C1. The van der Waals surface area contributed by atoms with Gasteiger partial charge in [-0.05, 0) is 45.0 Å². The molecule has 21 heavy (non-hydrogen) atoms. The Hall–Kier alpha value is -1.69. The topological polar surface area (TPSA) is 59.0 Å². The van der Waals surface area contributed by atoms with Gasteiger partial charge in [-0.2, -0.15) is 4.99 Å². The van der Waals surface area contributed by atoms with E-state index in [-0.39, 0.29) is 12.3 Å². The van der Waals surface area contributed by atoms with Crippen LogP contribution in [0.1, 0.15) is 27.2 Å². The molecule has 2 rings (SSSR count). The van der Waals surface area contributed by atoms with Crippen molar-refractivity contribution in [2.45, 2.75) is 32.8 Å². The molecule has 1 fully saturated rings. The second-order valence-corrected chi connectivity index (χ2v) is 6.71. The molecule has 0 radical (unpaired) electrons. The van der Waals surface area contributed by atoms with E-state index in [0.29, 0.717) is 12.3 Å². The predicted octanol–water partition coefficient (Wildman–Crippen LogP) is 3.56. The van der Waals surface area contributed by atoms with E-state index in [4.69, 9.17) is 4.74 Å². The second-order valence-electron chi connectivity index (χ2n) is 5.79. The maximum absolute atomic E-state index is 12.0. The largest absolute Gasteiger partial charge is 0.442 e. The summed E-state index contributed by atoms with van der Waals surface area (Å²) in [5, 5.41) is 0. The second kappa shape index (κ2) is 5.97. The Morgan fingerprint density at radius 3 is 2.48 bits per heavy atom.